The summed E-state index contributed by atoms with van der Waals surface area (Å²) in [5, 5.41) is 9.56. The Morgan fingerprint density at radius 3 is 2.73 bits per heavy atom. The summed E-state index contributed by atoms with van der Waals surface area (Å²) < 4.78 is 1.58. The molecule has 0 bridgehead atoms. The van der Waals surface area contributed by atoms with Gasteiger partial charge >= 0.3 is 0 Å². The first-order chi connectivity index (χ1) is 16.0. The Kier molecular flexibility index (Phi) is 6.77. The third kappa shape index (κ3) is 5.62. The highest BCUT2D eigenvalue weighted by atomic mass is 16.2. The summed E-state index contributed by atoms with van der Waals surface area (Å²) in [7, 11) is 0. The lowest BCUT2D eigenvalue weighted by molar-refractivity contribution is -0.120. The lowest BCUT2D eigenvalue weighted by Crippen LogP contribution is -2.37. The number of aromatic nitrogens is 3. The number of fused-ring (bicyclic) bond motifs is 1. The van der Waals surface area contributed by atoms with Gasteiger partial charge in [-0.05, 0) is 31.0 Å². The van der Waals surface area contributed by atoms with Gasteiger partial charge in [0.25, 0.3) is 11.8 Å². The van der Waals surface area contributed by atoms with E-state index in [4.69, 9.17) is 0 Å². The van der Waals surface area contributed by atoms with Crippen LogP contribution in [0.15, 0.2) is 54.7 Å². The van der Waals surface area contributed by atoms with Crippen LogP contribution in [0.3, 0.4) is 0 Å². The van der Waals surface area contributed by atoms with Crippen molar-refractivity contribution in [3.63, 3.8) is 0 Å². The van der Waals surface area contributed by atoms with E-state index in [9.17, 15) is 14.4 Å². The van der Waals surface area contributed by atoms with Gasteiger partial charge in [0.15, 0.2) is 5.69 Å². The molecule has 0 saturated carbocycles. The van der Waals surface area contributed by atoms with E-state index < -0.39 is 5.91 Å². The molecular formula is C24H26N6O3. The van der Waals surface area contributed by atoms with Gasteiger partial charge in [-0.2, -0.15) is 5.10 Å². The molecule has 0 atom stereocenters. The molecule has 0 unspecified atom stereocenters. The van der Waals surface area contributed by atoms with Crippen molar-refractivity contribution >= 4 is 17.7 Å². The zero-order chi connectivity index (χ0) is 23.2. The molecule has 1 aliphatic rings. The van der Waals surface area contributed by atoms with E-state index in [1.807, 2.05) is 31.2 Å². The Morgan fingerprint density at radius 1 is 1.06 bits per heavy atom. The molecule has 1 aliphatic heterocycles. The minimum Gasteiger partial charge on any atom is -0.349 e. The maximum Gasteiger partial charge on any atom is 0.272 e. The van der Waals surface area contributed by atoms with Crippen LogP contribution in [-0.2, 0) is 24.4 Å². The average molecular weight is 447 g/mol. The van der Waals surface area contributed by atoms with Gasteiger partial charge in [-0.25, -0.2) is 0 Å². The molecule has 0 spiro atoms. The number of amides is 3. The number of hydrogen-bond acceptors (Lipinski definition) is 5. The summed E-state index contributed by atoms with van der Waals surface area (Å²) in [6, 6.07) is 15.0. The molecule has 9 heteroatoms. The molecule has 0 aliphatic carbocycles. The van der Waals surface area contributed by atoms with Crippen LogP contribution in [0.1, 0.15) is 44.2 Å². The Labute approximate surface area is 191 Å². The number of rotatable bonds is 7. The molecule has 1 aromatic carbocycles. The van der Waals surface area contributed by atoms with Crippen molar-refractivity contribution in [2.45, 2.75) is 33.0 Å². The molecule has 170 valence electrons. The Bertz CT molecular complexity index is 1160. The molecular weight excluding hydrogens is 420 g/mol. The van der Waals surface area contributed by atoms with Crippen LogP contribution in [0.25, 0.3) is 0 Å². The van der Waals surface area contributed by atoms with Crippen LogP contribution >= 0.6 is 0 Å². The number of nitrogens with one attached hydrogen (secondary N) is 2. The number of hydrogen-bond donors (Lipinski definition) is 2. The van der Waals surface area contributed by atoms with Gasteiger partial charge in [0.2, 0.25) is 5.91 Å². The predicted molar refractivity (Wildman–Crippen MR) is 121 cm³/mol. The third-order valence-corrected chi connectivity index (χ3v) is 5.38. The first-order valence-electron chi connectivity index (χ1n) is 10.9. The van der Waals surface area contributed by atoms with E-state index in [-0.39, 0.29) is 30.6 Å². The van der Waals surface area contributed by atoms with Crippen LogP contribution in [0.2, 0.25) is 0 Å². The number of nitrogens with zero attached hydrogens (tertiary/aromatic N) is 4. The fraction of sp³-hybridized carbons (Fsp3) is 0.292. The second-order valence-electron chi connectivity index (χ2n) is 7.99. The van der Waals surface area contributed by atoms with Crippen molar-refractivity contribution in [1.82, 2.24) is 30.3 Å². The van der Waals surface area contributed by atoms with Crippen LogP contribution in [0.4, 0.5) is 0 Å². The summed E-state index contributed by atoms with van der Waals surface area (Å²) in [6.07, 6.45) is 2.39. The van der Waals surface area contributed by atoms with Crippen molar-refractivity contribution < 1.29 is 14.4 Å². The highest BCUT2D eigenvalue weighted by Crippen LogP contribution is 2.17. The molecule has 33 heavy (non-hydrogen) atoms. The van der Waals surface area contributed by atoms with Crippen LogP contribution in [-0.4, -0.2) is 50.5 Å². The second-order valence-corrected chi connectivity index (χ2v) is 7.99. The molecule has 3 amide bonds. The monoisotopic (exact) mass is 446 g/mol. The molecule has 2 aromatic heterocycles. The number of carbonyl (C=O) groups is 3. The zero-order valence-corrected chi connectivity index (χ0v) is 18.5. The Morgan fingerprint density at radius 2 is 1.94 bits per heavy atom. The molecule has 2 N–H and O–H groups in total. The van der Waals surface area contributed by atoms with Gasteiger partial charge in [0, 0.05) is 31.9 Å². The first-order valence-corrected chi connectivity index (χ1v) is 10.9. The van der Waals surface area contributed by atoms with E-state index in [1.165, 1.54) is 6.07 Å². The summed E-state index contributed by atoms with van der Waals surface area (Å²) >= 11 is 0. The highest BCUT2D eigenvalue weighted by Gasteiger charge is 2.26. The standard InChI is InChI=1S/C24H26N6O3/c1-17-6-4-7-18(12-17)16-29-10-5-11-30-21(24(29)33)13-20(28-30)23(32)27-15-22(31)26-14-19-8-2-3-9-25-19/h2-4,6-9,12-13H,5,10-11,14-16H2,1H3,(H,26,31)(H,27,32). The summed E-state index contributed by atoms with van der Waals surface area (Å²) in [5.74, 6) is -0.995. The Balaban J connectivity index is 1.35. The topological polar surface area (TPSA) is 109 Å². The van der Waals surface area contributed by atoms with Crippen LogP contribution in [0.5, 0.6) is 0 Å². The minimum absolute atomic E-state index is 0.119. The lowest BCUT2D eigenvalue weighted by atomic mass is 10.1. The van der Waals surface area contributed by atoms with Crippen molar-refractivity contribution in [2.75, 3.05) is 13.1 Å². The van der Waals surface area contributed by atoms with Crippen molar-refractivity contribution in [3.05, 3.63) is 82.9 Å². The van der Waals surface area contributed by atoms with Crippen LogP contribution in [0, 0.1) is 6.92 Å². The van der Waals surface area contributed by atoms with E-state index in [1.54, 1.807) is 27.9 Å². The minimum atomic E-state index is -0.499. The van der Waals surface area contributed by atoms with Crippen molar-refractivity contribution in [2.24, 2.45) is 0 Å². The van der Waals surface area contributed by atoms with E-state index >= 15 is 0 Å². The second kappa shape index (κ2) is 10.1. The fourth-order valence-electron chi connectivity index (χ4n) is 3.73. The molecule has 4 rings (SSSR count). The smallest absolute Gasteiger partial charge is 0.272 e. The van der Waals surface area contributed by atoms with Crippen molar-refractivity contribution in [1.29, 1.82) is 0 Å². The summed E-state index contributed by atoms with van der Waals surface area (Å²) in [4.78, 5) is 43.6. The highest BCUT2D eigenvalue weighted by molar-refractivity contribution is 5.99. The predicted octanol–water partition coefficient (Wildman–Crippen LogP) is 1.68. The largest absolute Gasteiger partial charge is 0.349 e. The van der Waals surface area contributed by atoms with Gasteiger partial charge in [-0.1, -0.05) is 35.9 Å². The van der Waals surface area contributed by atoms with Gasteiger partial charge < -0.3 is 15.5 Å². The first kappa shape index (κ1) is 22.2. The zero-order valence-electron chi connectivity index (χ0n) is 18.5. The number of aryl methyl sites for hydroxylation is 2. The SMILES string of the molecule is Cc1cccc(CN2CCCn3nc(C(=O)NCC(=O)NCc4ccccn4)cc3C2=O)c1. The van der Waals surface area contributed by atoms with Gasteiger partial charge in [0.1, 0.15) is 5.69 Å². The Hall–Kier alpha value is -4.01. The lowest BCUT2D eigenvalue weighted by Gasteiger charge is -2.20. The number of benzene rings is 1. The number of pyridine rings is 1. The van der Waals surface area contributed by atoms with Gasteiger partial charge in [-0.15, -0.1) is 0 Å². The fourth-order valence-corrected chi connectivity index (χ4v) is 3.73. The van der Waals surface area contributed by atoms with Crippen LogP contribution < -0.4 is 10.6 Å². The van der Waals surface area contributed by atoms with Gasteiger partial charge in [-0.3, -0.25) is 24.0 Å². The van der Waals surface area contributed by atoms with E-state index in [2.05, 4.69) is 26.8 Å². The maximum atomic E-state index is 13.1. The van der Waals surface area contributed by atoms with Crippen molar-refractivity contribution in [3.8, 4) is 0 Å². The third-order valence-electron chi connectivity index (χ3n) is 5.38. The maximum absolute atomic E-state index is 13.1. The van der Waals surface area contributed by atoms with Gasteiger partial charge in [0.05, 0.1) is 18.8 Å². The summed E-state index contributed by atoms with van der Waals surface area (Å²) in [6.45, 7) is 3.77. The quantitative estimate of drug-likeness (QED) is 0.574. The molecule has 9 nitrogen and oxygen atoms in total. The van der Waals surface area contributed by atoms with E-state index in [0.717, 1.165) is 23.2 Å². The normalized spacial score (nSPS) is 13.2. The molecule has 3 aromatic rings. The molecule has 0 saturated heterocycles. The molecule has 0 radical (unpaired) electrons. The average Bonchev–Trinajstić information content (AvgIpc) is 3.19. The molecule has 0 fully saturated rings. The summed E-state index contributed by atoms with van der Waals surface area (Å²) in [5.41, 5.74) is 3.43. The van der Waals surface area contributed by atoms with E-state index in [0.29, 0.717) is 25.3 Å². The number of carbonyl (C=O) groups excluding carboxylic acids is 3. The molecule has 3 heterocycles.